The average molecular weight is 407 g/mol. The number of para-hydroxylation sites is 1. The first kappa shape index (κ1) is 22.5. The summed E-state index contributed by atoms with van der Waals surface area (Å²) in [6, 6.07) is 4.84. The molecule has 2 rings (SSSR count). The van der Waals surface area contributed by atoms with Crippen LogP contribution >= 0.6 is 0 Å². The molecule has 0 unspecified atom stereocenters. The monoisotopic (exact) mass is 407 g/mol. The molecule has 1 atom stereocenters. The quantitative estimate of drug-likeness (QED) is 0.381. The summed E-state index contributed by atoms with van der Waals surface area (Å²) in [4.78, 5) is 35.5. The summed E-state index contributed by atoms with van der Waals surface area (Å²) >= 11 is 0. The van der Waals surface area contributed by atoms with Gasteiger partial charge in [-0.1, -0.05) is 32.9 Å². The van der Waals surface area contributed by atoms with E-state index >= 15 is 0 Å². The lowest BCUT2D eigenvalue weighted by Crippen LogP contribution is -2.53. The molecule has 0 bridgehead atoms. The molecule has 0 radical (unpaired) electrons. The van der Waals surface area contributed by atoms with Crippen molar-refractivity contribution < 1.29 is 38.3 Å². The van der Waals surface area contributed by atoms with Crippen molar-refractivity contribution in [2.75, 3.05) is 6.79 Å². The zero-order valence-corrected chi connectivity index (χ0v) is 16.8. The van der Waals surface area contributed by atoms with E-state index in [1.165, 1.54) is 6.07 Å². The van der Waals surface area contributed by atoms with Gasteiger partial charge in [-0.25, -0.2) is 9.59 Å². The molecule has 0 saturated carbocycles. The molecule has 1 aromatic carbocycles. The molecule has 1 heterocycles. The predicted octanol–water partition coefficient (Wildman–Crippen LogP) is 1.99. The van der Waals surface area contributed by atoms with Gasteiger partial charge in [0.25, 0.3) is 0 Å². The highest BCUT2D eigenvalue weighted by Gasteiger charge is 2.37. The number of benzene rings is 1. The number of nitrogens with one attached hydrogen (secondary N) is 1. The van der Waals surface area contributed by atoms with Crippen LogP contribution in [0.25, 0.3) is 0 Å². The van der Waals surface area contributed by atoms with Crippen LogP contribution in [-0.2, 0) is 25.4 Å². The molecule has 0 aromatic heterocycles. The van der Waals surface area contributed by atoms with Crippen LogP contribution < -0.4 is 9.97 Å². The Morgan fingerprint density at radius 2 is 1.97 bits per heavy atom. The molecular weight excluding hydrogens is 381 g/mol. The van der Waals surface area contributed by atoms with E-state index in [0.29, 0.717) is 24.8 Å². The Morgan fingerprint density at radius 3 is 2.62 bits per heavy atom. The number of amides is 1. The molecule has 10 heteroatoms. The van der Waals surface area contributed by atoms with Crippen LogP contribution in [0.15, 0.2) is 18.2 Å². The maximum absolute atomic E-state index is 12.4. The van der Waals surface area contributed by atoms with E-state index in [1.807, 2.05) is 13.8 Å². The molecule has 0 fully saturated rings. The number of hydrogen-bond donors (Lipinski definition) is 2. The summed E-state index contributed by atoms with van der Waals surface area (Å²) in [6.45, 7) is 4.86. The summed E-state index contributed by atoms with van der Waals surface area (Å²) in [5.74, 6) is -1.44. The van der Waals surface area contributed by atoms with Crippen LogP contribution in [0, 0.1) is 0 Å². The minimum Gasteiger partial charge on any atom is -0.534 e. The standard InChI is InChI=1S/C19H26BNO8/c1-4-13(5-2)28-19(24)27-11-26-18(23)14-9-7-8-12-10-15(21-16(22)6-3)20(25)29-17(12)14/h7-9,13,15,25H,4-6,10-11H2,1-3H3,(H,21,22)/t15-/m0/s1. The lowest BCUT2D eigenvalue weighted by Gasteiger charge is -2.29. The molecule has 0 saturated heterocycles. The fourth-order valence-electron chi connectivity index (χ4n) is 2.85. The van der Waals surface area contributed by atoms with Crippen LogP contribution in [0.5, 0.6) is 5.75 Å². The normalized spacial score (nSPS) is 15.2. The van der Waals surface area contributed by atoms with Crippen LogP contribution in [-0.4, -0.2) is 49.0 Å². The highest BCUT2D eigenvalue weighted by molar-refractivity contribution is 6.47. The van der Waals surface area contributed by atoms with E-state index in [1.54, 1.807) is 19.1 Å². The second kappa shape index (κ2) is 10.7. The SMILES string of the molecule is CCC(=O)N[C@H]1Cc2cccc(C(=O)OCOC(=O)OC(CC)CC)c2OB1O. The first-order chi connectivity index (χ1) is 13.9. The smallest absolute Gasteiger partial charge is 0.534 e. The van der Waals surface area contributed by atoms with E-state index in [9.17, 15) is 19.4 Å². The highest BCUT2D eigenvalue weighted by atomic mass is 16.8. The van der Waals surface area contributed by atoms with E-state index in [-0.39, 0.29) is 29.7 Å². The number of rotatable bonds is 8. The van der Waals surface area contributed by atoms with Gasteiger partial charge in [0.1, 0.15) is 17.4 Å². The van der Waals surface area contributed by atoms with Crippen LogP contribution in [0.4, 0.5) is 4.79 Å². The fraction of sp³-hybridized carbons (Fsp3) is 0.526. The topological polar surface area (TPSA) is 120 Å². The van der Waals surface area contributed by atoms with Gasteiger partial charge in [0.05, 0.1) is 5.94 Å². The second-order valence-electron chi connectivity index (χ2n) is 6.53. The minimum atomic E-state index is -1.31. The Morgan fingerprint density at radius 1 is 1.24 bits per heavy atom. The molecular formula is C19H26BNO8. The van der Waals surface area contributed by atoms with Crippen molar-refractivity contribution in [3.8, 4) is 5.75 Å². The zero-order chi connectivity index (χ0) is 21.4. The van der Waals surface area contributed by atoms with Gasteiger partial charge in [0.2, 0.25) is 12.7 Å². The van der Waals surface area contributed by atoms with Crippen molar-refractivity contribution in [1.82, 2.24) is 5.32 Å². The number of fused-ring (bicyclic) bond motifs is 1. The summed E-state index contributed by atoms with van der Waals surface area (Å²) in [6.07, 6.45) is 0.712. The third-order valence-electron chi connectivity index (χ3n) is 4.55. The zero-order valence-electron chi connectivity index (χ0n) is 16.8. The Hall–Kier alpha value is -2.75. The summed E-state index contributed by atoms with van der Waals surface area (Å²) in [5, 5.41) is 12.8. The Balaban J connectivity index is 1.97. The van der Waals surface area contributed by atoms with Gasteiger partial charge < -0.3 is 29.2 Å². The predicted molar refractivity (Wildman–Crippen MR) is 103 cm³/mol. The third kappa shape index (κ3) is 6.12. The Kier molecular flexibility index (Phi) is 8.32. The highest BCUT2D eigenvalue weighted by Crippen LogP contribution is 2.30. The maximum atomic E-state index is 12.4. The summed E-state index contributed by atoms with van der Waals surface area (Å²) in [5.41, 5.74) is 0.721. The molecule has 1 aromatic rings. The van der Waals surface area contributed by atoms with Gasteiger partial charge in [0.15, 0.2) is 0 Å². The molecule has 0 aliphatic carbocycles. The first-order valence-corrected chi connectivity index (χ1v) is 9.66. The van der Waals surface area contributed by atoms with E-state index < -0.39 is 32.0 Å². The van der Waals surface area contributed by atoms with Crippen LogP contribution in [0.1, 0.15) is 56.0 Å². The van der Waals surface area contributed by atoms with Gasteiger partial charge in [-0.2, -0.15) is 0 Å². The largest absolute Gasteiger partial charge is 0.547 e. The van der Waals surface area contributed by atoms with Crippen molar-refractivity contribution in [2.45, 2.75) is 58.5 Å². The molecule has 2 N–H and O–H groups in total. The summed E-state index contributed by atoms with van der Waals surface area (Å²) in [7, 11) is -1.31. The lowest BCUT2D eigenvalue weighted by atomic mass is 9.72. The number of carbonyl (C=O) groups is 3. The number of carbonyl (C=O) groups excluding carboxylic acids is 3. The summed E-state index contributed by atoms with van der Waals surface area (Å²) < 4.78 is 20.2. The Bertz CT molecular complexity index is 737. The molecule has 9 nitrogen and oxygen atoms in total. The maximum Gasteiger partial charge on any atom is 0.547 e. The number of esters is 1. The second-order valence-corrected chi connectivity index (χ2v) is 6.53. The number of ether oxygens (including phenoxy) is 3. The molecule has 1 amide bonds. The van der Waals surface area contributed by atoms with Gasteiger partial charge in [0, 0.05) is 6.42 Å². The van der Waals surface area contributed by atoms with E-state index in [2.05, 4.69) is 5.32 Å². The molecule has 1 aliphatic heterocycles. The van der Waals surface area contributed by atoms with Gasteiger partial charge in [-0.15, -0.1) is 0 Å². The van der Waals surface area contributed by atoms with E-state index in [0.717, 1.165) is 0 Å². The number of hydrogen-bond acceptors (Lipinski definition) is 8. The van der Waals surface area contributed by atoms with E-state index in [4.69, 9.17) is 18.9 Å². The molecule has 158 valence electrons. The van der Waals surface area contributed by atoms with Gasteiger partial charge in [-0.05, 0) is 30.9 Å². The van der Waals surface area contributed by atoms with Crippen LogP contribution in [0.2, 0.25) is 0 Å². The van der Waals surface area contributed by atoms with Crippen molar-refractivity contribution in [3.63, 3.8) is 0 Å². The van der Waals surface area contributed by atoms with Crippen LogP contribution in [0.3, 0.4) is 0 Å². The van der Waals surface area contributed by atoms with Gasteiger partial charge in [-0.3, -0.25) is 4.79 Å². The molecule has 1 aliphatic rings. The third-order valence-corrected chi connectivity index (χ3v) is 4.55. The minimum absolute atomic E-state index is 0.0822. The fourth-order valence-corrected chi connectivity index (χ4v) is 2.85. The van der Waals surface area contributed by atoms with Crippen molar-refractivity contribution in [3.05, 3.63) is 29.3 Å². The van der Waals surface area contributed by atoms with Crippen molar-refractivity contribution in [2.24, 2.45) is 0 Å². The first-order valence-electron chi connectivity index (χ1n) is 9.66. The molecule has 0 spiro atoms. The van der Waals surface area contributed by atoms with Gasteiger partial charge >= 0.3 is 19.2 Å². The van der Waals surface area contributed by atoms with Crippen molar-refractivity contribution in [1.29, 1.82) is 0 Å². The van der Waals surface area contributed by atoms with Crippen molar-refractivity contribution >= 4 is 25.2 Å². The average Bonchev–Trinajstić information content (AvgIpc) is 2.71. The lowest BCUT2D eigenvalue weighted by molar-refractivity contribution is -0.121. The molecule has 29 heavy (non-hydrogen) atoms. The Labute approximate surface area is 169 Å².